The number of aryl methyl sites for hydroxylation is 2. The highest BCUT2D eigenvalue weighted by Gasteiger charge is 2.03. The number of rotatable bonds is 2. The van der Waals surface area contributed by atoms with Crippen molar-refractivity contribution in [3.63, 3.8) is 0 Å². The van der Waals surface area contributed by atoms with Crippen LogP contribution in [0, 0.1) is 6.92 Å². The summed E-state index contributed by atoms with van der Waals surface area (Å²) in [5, 5.41) is 1.37. The number of aromatic nitrogens is 1. The third-order valence-corrected chi connectivity index (χ3v) is 2.43. The predicted octanol–water partition coefficient (Wildman–Crippen LogP) is 2.94. The molecule has 0 amide bonds. The fourth-order valence-electron chi connectivity index (χ4n) is 1.82. The van der Waals surface area contributed by atoms with Gasteiger partial charge in [0.1, 0.15) is 0 Å². The quantitative estimate of drug-likeness (QED) is 0.656. The lowest BCUT2D eigenvalue weighted by Gasteiger charge is -1.94. The molecule has 0 spiro atoms. The van der Waals surface area contributed by atoms with Gasteiger partial charge in [0.05, 0.1) is 0 Å². The summed E-state index contributed by atoms with van der Waals surface area (Å²) in [6, 6.07) is 8.51. The van der Waals surface area contributed by atoms with Gasteiger partial charge in [-0.1, -0.05) is 25.1 Å². The Balaban J connectivity index is 2.63. The lowest BCUT2D eigenvalue weighted by molar-refractivity contribution is 0.937. The Bertz CT molecular complexity index is 412. The molecule has 0 atom stereocenters. The lowest BCUT2D eigenvalue weighted by atomic mass is 10.1. The van der Waals surface area contributed by atoms with Crippen LogP contribution in [0.3, 0.4) is 0 Å². The Morgan fingerprint density at radius 2 is 2.08 bits per heavy atom. The summed E-state index contributed by atoms with van der Waals surface area (Å²) in [7, 11) is 2.09. The van der Waals surface area contributed by atoms with E-state index in [2.05, 4.69) is 49.0 Å². The molecule has 0 aliphatic rings. The normalized spacial score (nSPS) is 10.9. The van der Waals surface area contributed by atoms with Crippen LogP contribution in [0.5, 0.6) is 0 Å². The maximum absolute atomic E-state index is 3.89. The summed E-state index contributed by atoms with van der Waals surface area (Å²) in [6.07, 6.45) is 4.24. The van der Waals surface area contributed by atoms with Crippen molar-refractivity contribution < 1.29 is 0 Å². The fraction of sp³-hybridized carbons (Fsp3) is 0.250. The number of benzene rings is 1. The van der Waals surface area contributed by atoms with Crippen LogP contribution in [0.15, 0.2) is 30.5 Å². The first-order valence-corrected chi connectivity index (χ1v) is 4.65. The van der Waals surface area contributed by atoms with E-state index in [0.717, 1.165) is 12.8 Å². The number of hydrogen-bond acceptors (Lipinski definition) is 0. The summed E-state index contributed by atoms with van der Waals surface area (Å²) < 4.78 is 2.18. The van der Waals surface area contributed by atoms with E-state index in [9.17, 15) is 0 Å². The van der Waals surface area contributed by atoms with E-state index in [1.165, 1.54) is 16.5 Å². The van der Waals surface area contributed by atoms with Gasteiger partial charge < -0.3 is 4.57 Å². The highest BCUT2D eigenvalue weighted by molar-refractivity contribution is 5.83. The van der Waals surface area contributed by atoms with Gasteiger partial charge in [-0.2, -0.15) is 0 Å². The second-order valence-electron chi connectivity index (χ2n) is 3.39. The minimum Gasteiger partial charge on any atom is -0.350 e. The number of fused-ring (bicyclic) bond motifs is 1. The molecule has 0 fully saturated rings. The average Bonchev–Trinajstić information content (AvgIpc) is 2.46. The molecule has 1 radical (unpaired) electrons. The van der Waals surface area contributed by atoms with E-state index >= 15 is 0 Å². The third kappa shape index (κ3) is 1.35. The molecule has 0 N–H and O–H groups in total. The Kier molecular flexibility index (Phi) is 2.09. The molecule has 0 unspecified atom stereocenters. The molecular weight excluding hydrogens is 158 g/mol. The zero-order valence-electron chi connectivity index (χ0n) is 7.96. The van der Waals surface area contributed by atoms with E-state index in [0.29, 0.717) is 0 Å². The van der Waals surface area contributed by atoms with Gasteiger partial charge in [0.25, 0.3) is 0 Å². The van der Waals surface area contributed by atoms with Gasteiger partial charge in [0, 0.05) is 24.1 Å². The molecule has 1 aromatic heterocycles. The zero-order chi connectivity index (χ0) is 9.26. The van der Waals surface area contributed by atoms with Crippen molar-refractivity contribution in [2.24, 2.45) is 7.05 Å². The molecule has 0 aliphatic carbocycles. The Hall–Kier alpha value is -1.24. The third-order valence-electron chi connectivity index (χ3n) is 2.43. The van der Waals surface area contributed by atoms with Crippen LogP contribution >= 0.6 is 0 Å². The average molecular weight is 172 g/mol. The summed E-state index contributed by atoms with van der Waals surface area (Å²) in [5.74, 6) is 0. The predicted molar refractivity (Wildman–Crippen MR) is 56.6 cm³/mol. The van der Waals surface area contributed by atoms with E-state index < -0.39 is 0 Å². The number of hydrogen-bond donors (Lipinski definition) is 0. The van der Waals surface area contributed by atoms with E-state index in [1.807, 2.05) is 0 Å². The molecule has 2 aromatic rings. The molecule has 67 valence electrons. The van der Waals surface area contributed by atoms with Crippen molar-refractivity contribution in [1.29, 1.82) is 0 Å². The largest absolute Gasteiger partial charge is 0.350 e. The van der Waals surface area contributed by atoms with Crippen molar-refractivity contribution in [3.8, 4) is 0 Å². The van der Waals surface area contributed by atoms with E-state index in [1.54, 1.807) is 0 Å². The summed E-state index contributed by atoms with van der Waals surface area (Å²) in [5.41, 5.74) is 2.72. The molecule has 0 saturated heterocycles. The SMILES string of the molecule is [CH2]CCc1cn(C)c2ccccc12. The van der Waals surface area contributed by atoms with Gasteiger partial charge in [-0.25, -0.2) is 0 Å². The van der Waals surface area contributed by atoms with Crippen molar-refractivity contribution >= 4 is 10.9 Å². The van der Waals surface area contributed by atoms with Gasteiger partial charge in [-0.3, -0.25) is 0 Å². The van der Waals surface area contributed by atoms with Crippen molar-refractivity contribution in [2.75, 3.05) is 0 Å². The van der Waals surface area contributed by atoms with Crippen LogP contribution in [0.1, 0.15) is 12.0 Å². The first-order chi connectivity index (χ1) is 6.33. The van der Waals surface area contributed by atoms with Gasteiger partial charge in [0.15, 0.2) is 0 Å². The van der Waals surface area contributed by atoms with Gasteiger partial charge in [0.2, 0.25) is 0 Å². The van der Waals surface area contributed by atoms with E-state index in [4.69, 9.17) is 0 Å². The maximum atomic E-state index is 3.89. The molecule has 1 heteroatoms. The second kappa shape index (κ2) is 3.25. The van der Waals surface area contributed by atoms with Crippen LogP contribution in [0.2, 0.25) is 0 Å². The monoisotopic (exact) mass is 172 g/mol. The first-order valence-electron chi connectivity index (χ1n) is 4.65. The van der Waals surface area contributed by atoms with Crippen LogP contribution in [-0.2, 0) is 13.5 Å². The smallest absolute Gasteiger partial charge is 0.0480 e. The molecule has 0 aliphatic heterocycles. The van der Waals surface area contributed by atoms with Crippen LogP contribution in [0.4, 0.5) is 0 Å². The minimum absolute atomic E-state index is 0.966. The minimum atomic E-state index is 0.966. The molecule has 13 heavy (non-hydrogen) atoms. The van der Waals surface area contributed by atoms with E-state index in [-0.39, 0.29) is 0 Å². The van der Waals surface area contributed by atoms with Crippen LogP contribution in [-0.4, -0.2) is 4.57 Å². The Morgan fingerprint density at radius 3 is 2.85 bits per heavy atom. The van der Waals surface area contributed by atoms with Crippen molar-refractivity contribution in [2.45, 2.75) is 12.8 Å². The topological polar surface area (TPSA) is 4.93 Å². The Labute approximate surface area is 79.0 Å². The Morgan fingerprint density at radius 1 is 1.31 bits per heavy atom. The molecule has 2 rings (SSSR count). The van der Waals surface area contributed by atoms with Crippen LogP contribution in [0.25, 0.3) is 10.9 Å². The molecule has 1 aromatic carbocycles. The molecule has 0 saturated carbocycles. The molecule has 1 heterocycles. The molecular formula is C12H14N. The summed E-state index contributed by atoms with van der Waals surface area (Å²) in [4.78, 5) is 0. The van der Waals surface area contributed by atoms with Gasteiger partial charge in [-0.05, 0) is 24.5 Å². The summed E-state index contributed by atoms with van der Waals surface area (Å²) in [6.45, 7) is 3.89. The van der Waals surface area contributed by atoms with Crippen molar-refractivity contribution in [3.05, 3.63) is 42.9 Å². The molecule has 1 nitrogen and oxygen atoms in total. The van der Waals surface area contributed by atoms with Gasteiger partial charge in [-0.15, -0.1) is 0 Å². The molecule has 0 bridgehead atoms. The fourth-order valence-corrected chi connectivity index (χ4v) is 1.82. The second-order valence-corrected chi connectivity index (χ2v) is 3.39. The van der Waals surface area contributed by atoms with Gasteiger partial charge >= 0.3 is 0 Å². The number of nitrogens with zero attached hydrogens (tertiary/aromatic N) is 1. The number of para-hydroxylation sites is 1. The first kappa shape index (κ1) is 8.36. The highest BCUT2D eigenvalue weighted by atomic mass is 14.9. The summed E-state index contributed by atoms with van der Waals surface area (Å²) >= 11 is 0. The van der Waals surface area contributed by atoms with Crippen LogP contribution < -0.4 is 0 Å². The zero-order valence-corrected chi connectivity index (χ0v) is 7.96. The standard InChI is InChI=1S/C12H14N/c1-3-6-10-9-13(2)12-8-5-4-7-11(10)12/h4-5,7-9H,1,3,6H2,2H3. The lowest BCUT2D eigenvalue weighted by Crippen LogP contribution is -1.82. The maximum Gasteiger partial charge on any atom is 0.0480 e. The van der Waals surface area contributed by atoms with Crippen molar-refractivity contribution in [1.82, 2.24) is 4.57 Å². The highest BCUT2D eigenvalue weighted by Crippen LogP contribution is 2.20.